The molecule has 2 bridgehead atoms. The van der Waals surface area contributed by atoms with Crippen molar-refractivity contribution in [3.05, 3.63) is 0 Å². The minimum atomic E-state index is -3.25. The Morgan fingerprint density at radius 2 is 1.46 bits per heavy atom. The van der Waals surface area contributed by atoms with E-state index in [2.05, 4.69) is 4.90 Å². The fourth-order valence-corrected chi connectivity index (χ4v) is 4.95. The first-order valence-corrected chi connectivity index (χ1v) is 7.97. The van der Waals surface area contributed by atoms with E-state index in [0.29, 0.717) is 19.8 Å². The first-order valence-electron chi connectivity index (χ1n) is 4.54. The second kappa shape index (κ2) is 4.24. The molecule has 0 aromatic rings. The van der Waals surface area contributed by atoms with Crippen molar-refractivity contribution in [3.8, 4) is 0 Å². The normalized spacial score (nSPS) is 40.8. The molecule has 13 heavy (non-hydrogen) atoms. The van der Waals surface area contributed by atoms with Crippen molar-refractivity contribution in [2.45, 2.75) is 0 Å². The van der Waals surface area contributed by atoms with Crippen LogP contribution in [0.25, 0.3) is 0 Å². The molecule has 3 rings (SSSR count). The molecule has 3 saturated heterocycles. The van der Waals surface area contributed by atoms with Gasteiger partial charge in [0.1, 0.15) is 0 Å². The quantitative estimate of drug-likeness (QED) is 0.583. The Kier molecular flexibility index (Phi) is 3.23. The molecule has 3 aliphatic rings. The van der Waals surface area contributed by atoms with Crippen LogP contribution in [0.2, 0.25) is 0 Å². The summed E-state index contributed by atoms with van der Waals surface area (Å²) in [6, 6.07) is 0. The van der Waals surface area contributed by atoms with Crippen molar-refractivity contribution in [3.63, 3.8) is 0 Å². The van der Waals surface area contributed by atoms with Gasteiger partial charge in [-0.15, -0.1) is 0 Å². The summed E-state index contributed by atoms with van der Waals surface area (Å²) in [6.45, 7) is 4.87. The van der Waals surface area contributed by atoms with Gasteiger partial charge in [0.25, 0.3) is 0 Å². The summed E-state index contributed by atoms with van der Waals surface area (Å²) in [4.78, 5) is 2.28. The number of nitrogens with zero attached hydrogens (tertiary/aromatic N) is 1. The zero-order valence-corrected chi connectivity index (χ0v) is 9.92. The van der Waals surface area contributed by atoms with Gasteiger partial charge in [0.05, 0.1) is 0 Å². The van der Waals surface area contributed by atoms with Crippen LogP contribution in [0.4, 0.5) is 0 Å². The van der Waals surface area contributed by atoms with E-state index < -0.39 is 14.6 Å². The summed E-state index contributed by atoms with van der Waals surface area (Å²) in [5.74, 6) is 0. The Bertz CT molecular complexity index is 153. The second-order valence-corrected chi connectivity index (χ2v) is 7.86. The standard InChI is InChI=1S/C7H15GeNO4/c1-10-8-11-5-2-9(3-6-12-8)4-7-13-8/h2-7H2,1H3. The van der Waals surface area contributed by atoms with Crippen LogP contribution in [0.5, 0.6) is 0 Å². The number of hydrogen-bond acceptors (Lipinski definition) is 5. The third-order valence-electron chi connectivity index (χ3n) is 2.31. The van der Waals surface area contributed by atoms with Crippen molar-refractivity contribution < 1.29 is 15.1 Å². The van der Waals surface area contributed by atoms with Crippen LogP contribution in [-0.4, -0.2) is 66.1 Å². The maximum atomic E-state index is 5.57. The molecule has 0 N–H and O–H groups in total. The molecule has 0 atom stereocenters. The number of fused-ring (bicyclic) bond motifs is 6. The van der Waals surface area contributed by atoms with Gasteiger partial charge in [-0.05, 0) is 0 Å². The van der Waals surface area contributed by atoms with E-state index in [1.54, 1.807) is 7.11 Å². The van der Waals surface area contributed by atoms with Gasteiger partial charge < -0.3 is 0 Å². The summed E-state index contributed by atoms with van der Waals surface area (Å²) >= 11 is -3.25. The predicted molar refractivity (Wildman–Crippen MR) is 47.1 cm³/mol. The average molecular weight is 250 g/mol. The molecule has 76 valence electrons. The molecule has 0 aliphatic carbocycles. The minimum absolute atomic E-state index is 0.661. The van der Waals surface area contributed by atoms with E-state index in [9.17, 15) is 0 Å². The van der Waals surface area contributed by atoms with E-state index in [1.165, 1.54) is 0 Å². The van der Waals surface area contributed by atoms with E-state index in [-0.39, 0.29) is 0 Å². The van der Waals surface area contributed by atoms with Gasteiger partial charge in [0.2, 0.25) is 0 Å². The van der Waals surface area contributed by atoms with Gasteiger partial charge in [-0.2, -0.15) is 0 Å². The predicted octanol–water partition coefficient (Wildman–Crippen LogP) is -0.553. The van der Waals surface area contributed by atoms with Gasteiger partial charge in [0, 0.05) is 0 Å². The zero-order valence-electron chi connectivity index (χ0n) is 7.82. The van der Waals surface area contributed by atoms with E-state index in [4.69, 9.17) is 15.1 Å². The number of rotatable bonds is 1. The third kappa shape index (κ3) is 2.23. The Hall–Kier alpha value is 0.343. The summed E-state index contributed by atoms with van der Waals surface area (Å²) < 4.78 is 22.0. The molecular weight excluding hydrogens is 235 g/mol. The van der Waals surface area contributed by atoms with E-state index in [0.717, 1.165) is 19.6 Å². The van der Waals surface area contributed by atoms with Crippen LogP contribution in [0, 0.1) is 0 Å². The van der Waals surface area contributed by atoms with Crippen LogP contribution in [0.15, 0.2) is 0 Å². The van der Waals surface area contributed by atoms with Crippen molar-refractivity contribution in [1.82, 2.24) is 4.90 Å². The molecule has 3 aliphatic heterocycles. The Labute approximate surface area is 81.6 Å². The fraction of sp³-hybridized carbons (Fsp3) is 1.00. The van der Waals surface area contributed by atoms with Crippen molar-refractivity contribution >= 4 is 14.6 Å². The SMILES string of the molecule is C[O][Ge]12[O]CCN(CC[O]1)CC[O]2. The van der Waals surface area contributed by atoms with Crippen LogP contribution >= 0.6 is 0 Å². The molecule has 0 aromatic heterocycles. The Morgan fingerprint density at radius 1 is 1.00 bits per heavy atom. The van der Waals surface area contributed by atoms with Crippen molar-refractivity contribution in [1.29, 1.82) is 0 Å². The van der Waals surface area contributed by atoms with Gasteiger partial charge >= 0.3 is 81.1 Å². The van der Waals surface area contributed by atoms with Gasteiger partial charge in [-0.1, -0.05) is 0 Å². The average Bonchev–Trinajstić information content (AvgIpc) is 2.01. The van der Waals surface area contributed by atoms with Gasteiger partial charge in [-0.3, -0.25) is 0 Å². The molecule has 0 amide bonds. The molecule has 0 saturated carbocycles. The summed E-state index contributed by atoms with van der Waals surface area (Å²) in [6.07, 6.45) is 0. The first-order chi connectivity index (χ1) is 6.35. The summed E-state index contributed by atoms with van der Waals surface area (Å²) in [5.41, 5.74) is 0. The molecule has 5 nitrogen and oxygen atoms in total. The summed E-state index contributed by atoms with van der Waals surface area (Å²) in [7, 11) is 1.61. The Balaban J connectivity index is 2.07. The van der Waals surface area contributed by atoms with Crippen molar-refractivity contribution in [2.24, 2.45) is 0 Å². The molecule has 0 radical (unpaired) electrons. The fourth-order valence-electron chi connectivity index (χ4n) is 1.54. The van der Waals surface area contributed by atoms with Crippen LogP contribution in [0.1, 0.15) is 0 Å². The number of hydrogen-bond donors (Lipinski definition) is 0. The van der Waals surface area contributed by atoms with Crippen LogP contribution in [-0.2, 0) is 15.1 Å². The molecule has 0 spiro atoms. The van der Waals surface area contributed by atoms with E-state index in [1.807, 2.05) is 0 Å². The first kappa shape index (κ1) is 9.88. The molecule has 3 fully saturated rings. The molecular formula is C7H15GeNO4. The van der Waals surface area contributed by atoms with Gasteiger partial charge in [-0.25, -0.2) is 0 Å². The summed E-state index contributed by atoms with van der Waals surface area (Å²) in [5, 5.41) is 0. The third-order valence-corrected chi connectivity index (χ3v) is 6.87. The van der Waals surface area contributed by atoms with E-state index >= 15 is 0 Å². The molecule has 6 heteroatoms. The zero-order chi connectivity index (χ0) is 9.15. The molecule has 0 unspecified atom stereocenters. The van der Waals surface area contributed by atoms with Crippen LogP contribution in [0.3, 0.4) is 0 Å². The molecule has 3 heterocycles. The monoisotopic (exact) mass is 251 g/mol. The topological polar surface area (TPSA) is 40.2 Å². The van der Waals surface area contributed by atoms with Crippen LogP contribution < -0.4 is 0 Å². The maximum absolute atomic E-state index is 5.57. The van der Waals surface area contributed by atoms with Gasteiger partial charge in [0.15, 0.2) is 0 Å². The Morgan fingerprint density at radius 3 is 1.85 bits per heavy atom. The second-order valence-electron chi connectivity index (χ2n) is 3.09. The molecule has 0 aromatic carbocycles. The van der Waals surface area contributed by atoms with Crippen molar-refractivity contribution in [2.75, 3.05) is 46.6 Å².